The smallest absolute Gasteiger partial charge is 0.294 e. The first kappa shape index (κ1) is 23.4. The van der Waals surface area contributed by atoms with E-state index in [-0.39, 0.29) is 22.0 Å². The highest BCUT2D eigenvalue weighted by Gasteiger charge is 2.45. The molecule has 1 unspecified atom stereocenters. The molecule has 0 bridgehead atoms. The SMILES string of the molecule is COc1ccc(C2C(C(=O)c3cc4ccccc4o3)=C(O)C(=O)N2c2ccc(F)c(Cl)c2)cc1OC. The molecule has 1 aliphatic heterocycles. The Hall–Kier alpha value is -4.30. The van der Waals surface area contributed by atoms with E-state index in [0.717, 1.165) is 6.07 Å². The lowest BCUT2D eigenvalue weighted by Gasteiger charge is -2.27. The van der Waals surface area contributed by atoms with Crippen LogP contribution in [0.3, 0.4) is 0 Å². The number of anilines is 1. The van der Waals surface area contributed by atoms with Crippen LogP contribution in [0.25, 0.3) is 11.0 Å². The van der Waals surface area contributed by atoms with Gasteiger partial charge in [-0.15, -0.1) is 0 Å². The number of aliphatic hydroxyl groups excluding tert-OH is 1. The molecule has 0 saturated heterocycles. The molecule has 0 fully saturated rings. The van der Waals surface area contributed by atoms with E-state index in [9.17, 15) is 19.1 Å². The summed E-state index contributed by atoms with van der Waals surface area (Å²) in [7, 11) is 2.93. The van der Waals surface area contributed by atoms with Crippen molar-refractivity contribution in [3.8, 4) is 11.5 Å². The number of benzene rings is 3. The van der Waals surface area contributed by atoms with Crippen LogP contribution in [0.15, 0.2) is 82.5 Å². The molecule has 182 valence electrons. The van der Waals surface area contributed by atoms with Crippen molar-refractivity contribution in [2.75, 3.05) is 19.1 Å². The number of carbonyl (C=O) groups excluding carboxylic acids is 2. The van der Waals surface area contributed by atoms with Gasteiger partial charge in [0.2, 0.25) is 5.78 Å². The van der Waals surface area contributed by atoms with Gasteiger partial charge in [-0.1, -0.05) is 35.9 Å². The van der Waals surface area contributed by atoms with Gasteiger partial charge in [0.1, 0.15) is 11.4 Å². The maximum Gasteiger partial charge on any atom is 0.294 e. The molecular weight excluding hydrogens is 489 g/mol. The van der Waals surface area contributed by atoms with Crippen LogP contribution in [-0.4, -0.2) is 31.0 Å². The third kappa shape index (κ3) is 3.76. The largest absolute Gasteiger partial charge is 0.503 e. The second-order valence-electron chi connectivity index (χ2n) is 8.03. The van der Waals surface area contributed by atoms with Crippen LogP contribution < -0.4 is 14.4 Å². The van der Waals surface area contributed by atoms with Gasteiger partial charge in [-0.3, -0.25) is 14.5 Å². The summed E-state index contributed by atoms with van der Waals surface area (Å²) in [5.41, 5.74) is 0.900. The van der Waals surface area contributed by atoms with Gasteiger partial charge >= 0.3 is 0 Å². The number of ketones is 1. The summed E-state index contributed by atoms with van der Waals surface area (Å²) in [6.45, 7) is 0. The average molecular weight is 508 g/mol. The number of furan rings is 1. The molecule has 9 heteroatoms. The van der Waals surface area contributed by atoms with Crippen LogP contribution in [0.2, 0.25) is 5.02 Å². The highest BCUT2D eigenvalue weighted by Crippen LogP contribution is 2.44. The molecule has 0 aliphatic carbocycles. The van der Waals surface area contributed by atoms with Crippen molar-refractivity contribution in [2.24, 2.45) is 0 Å². The van der Waals surface area contributed by atoms with Crippen molar-refractivity contribution < 1.29 is 33.0 Å². The van der Waals surface area contributed by atoms with E-state index < -0.39 is 29.3 Å². The fourth-order valence-corrected chi connectivity index (χ4v) is 4.48. The Kier molecular flexibility index (Phi) is 5.89. The number of Topliss-reactive ketones (excluding diaryl/α,β-unsaturated/α-hetero) is 1. The van der Waals surface area contributed by atoms with Gasteiger partial charge in [-0.2, -0.15) is 0 Å². The van der Waals surface area contributed by atoms with E-state index in [1.165, 1.54) is 31.3 Å². The van der Waals surface area contributed by atoms with Gasteiger partial charge < -0.3 is 19.0 Å². The number of halogens is 2. The summed E-state index contributed by atoms with van der Waals surface area (Å²) in [5.74, 6) is -2.22. The molecule has 0 saturated carbocycles. The van der Waals surface area contributed by atoms with E-state index in [4.69, 9.17) is 25.5 Å². The van der Waals surface area contributed by atoms with E-state index in [2.05, 4.69) is 0 Å². The lowest BCUT2D eigenvalue weighted by Crippen LogP contribution is -2.31. The fourth-order valence-electron chi connectivity index (χ4n) is 4.30. The zero-order valence-electron chi connectivity index (χ0n) is 19.1. The topological polar surface area (TPSA) is 89.2 Å². The third-order valence-electron chi connectivity index (χ3n) is 6.01. The van der Waals surface area contributed by atoms with E-state index >= 15 is 0 Å². The maximum atomic E-state index is 13.9. The predicted octanol–water partition coefficient (Wildman–Crippen LogP) is 6.03. The summed E-state index contributed by atoms with van der Waals surface area (Å²) in [4.78, 5) is 28.2. The molecule has 36 heavy (non-hydrogen) atoms. The molecule has 2 heterocycles. The highest BCUT2D eigenvalue weighted by atomic mass is 35.5. The Bertz CT molecular complexity index is 1530. The number of carbonyl (C=O) groups is 2. The van der Waals surface area contributed by atoms with E-state index in [0.29, 0.717) is 28.0 Å². The molecule has 1 aliphatic rings. The molecule has 1 amide bonds. The minimum Gasteiger partial charge on any atom is -0.503 e. The van der Waals surface area contributed by atoms with Gasteiger partial charge in [-0.25, -0.2) is 4.39 Å². The second-order valence-corrected chi connectivity index (χ2v) is 8.44. The molecule has 7 nitrogen and oxygen atoms in total. The zero-order chi connectivity index (χ0) is 25.6. The monoisotopic (exact) mass is 507 g/mol. The number of amides is 1. The normalized spacial score (nSPS) is 15.6. The summed E-state index contributed by atoms with van der Waals surface area (Å²) >= 11 is 5.99. The standard InChI is InChI=1S/C27H19ClFNO6/c1-34-20-10-7-15(12-21(20)35-2)24-23(25(31)22-11-14-5-3-4-6-19(14)36-22)26(32)27(33)30(24)16-8-9-18(29)17(28)13-16/h3-13,24,32H,1-2H3. The quantitative estimate of drug-likeness (QED) is 0.321. The Labute approximate surface area is 209 Å². The van der Waals surface area contributed by atoms with E-state index in [1.54, 1.807) is 48.5 Å². The van der Waals surface area contributed by atoms with Crippen LogP contribution in [-0.2, 0) is 4.79 Å². The third-order valence-corrected chi connectivity index (χ3v) is 6.30. The minimum atomic E-state index is -1.10. The number of ether oxygens (including phenoxy) is 2. The first-order valence-electron chi connectivity index (χ1n) is 10.8. The van der Waals surface area contributed by atoms with Gasteiger partial charge in [0.15, 0.2) is 23.0 Å². The Morgan fingerprint density at radius 2 is 1.78 bits per heavy atom. The van der Waals surface area contributed by atoms with Crippen LogP contribution in [0.5, 0.6) is 11.5 Å². The number of hydrogen-bond acceptors (Lipinski definition) is 6. The Morgan fingerprint density at radius 3 is 2.47 bits per heavy atom. The highest BCUT2D eigenvalue weighted by molar-refractivity contribution is 6.31. The van der Waals surface area contributed by atoms with E-state index in [1.807, 2.05) is 0 Å². The van der Waals surface area contributed by atoms with Crippen molar-refractivity contribution in [3.63, 3.8) is 0 Å². The van der Waals surface area contributed by atoms with Crippen molar-refractivity contribution in [1.82, 2.24) is 0 Å². The summed E-state index contributed by atoms with van der Waals surface area (Å²) in [5, 5.41) is 11.4. The van der Waals surface area contributed by atoms with Crippen LogP contribution in [0.4, 0.5) is 10.1 Å². The second kappa shape index (κ2) is 9.05. The van der Waals surface area contributed by atoms with Crippen LogP contribution in [0.1, 0.15) is 22.2 Å². The first-order chi connectivity index (χ1) is 17.3. The van der Waals surface area contributed by atoms with Gasteiger partial charge in [0, 0.05) is 11.1 Å². The van der Waals surface area contributed by atoms with Crippen molar-refractivity contribution in [1.29, 1.82) is 0 Å². The average Bonchev–Trinajstić information content (AvgIpc) is 3.44. The van der Waals surface area contributed by atoms with Gasteiger partial charge in [-0.05, 0) is 48.0 Å². The number of rotatable bonds is 6. The number of methoxy groups -OCH3 is 2. The molecule has 1 N–H and O–H groups in total. The molecule has 1 aromatic heterocycles. The van der Waals surface area contributed by atoms with Crippen LogP contribution in [0, 0.1) is 5.82 Å². The van der Waals surface area contributed by atoms with Gasteiger partial charge in [0.05, 0.1) is 30.9 Å². The van der Waals surface area contributed by atoms with Crippen molar-refractivity contribution in [3.05, 3.63) is 100 Å². The Morgan fingerprint density at radius 1 is 1.03 bits per heavy atom. The van der Waals surface area contributed by atoms with Crippen molar-refractivity contribution >= 4 is 39.9 Å². The predicted molar refractivity (Wildman–Crippen MR) is 131 cm³/mol. The maximum absolute atomic E-state index is 13.9. The number of nitrogens with zero attached hydrogens (tertiary/aromatic N) is 1. The molecular formula is C27H19ClFNO6. The molecule has 1 atom stereocenters. The summed E-state index contributed by atoms with van der Waals surface area (Å²) in [6, 6.07) is 16.1. The van der Waals surface area contributed by atoms with Gasteiger partial charge in [0.25, 0.3) is 5.91 Å². The number of fused-ring (bicyclic) bond motifs is 1. The summed E-state index contributed by atoms with van der Waals surface area (Å²) in [6.07, 6.45) is 0. The molecule has 5 rings (SSSR count). The molecule has 3 aromatic carbocycles. The lowest BCUT2D eigenvalue weighted by molar-refractivity contribution is -0.117. The fraction of sp³-hybridized carbons (Fsp3) is 0.111. The molecule has 0 radical (unpaired) electrons. The summed E-state index contributed by atoms with van der Waals surface area (Å²) < 4.78 is 30.3. The zero-order valence-corrected chi connectivity index (χ0v) is 19.9. The van der Waals surface area contributed by atoms with Crippen LogP contribution >= 0.6 is 11.6 Å². The lowest BCUT2D eigenvalue weighted by atomic mass is 9.94. The Balaban J connectivity index is 1.69. The number of hydrogen-bond donors (Lipinski definition) is 1. The molecule has 0 spiro atoms. The van der Waals surface area contributed by atoms with Crippen molar-refractivity contribution in [2.45, 2.75) is 6.04 Å². The number of aliphatic hydroxyl groups is 1. The number of para-hydroxylation sites is 1. The minimum absolute atomic E-state index is 0.0463. The molecule has 4 aromatic rings. The first-order valence-corrected chi connectivity index (χ1v) is 11.2.